The van der Waals surface area contributed by atoms with Gasteiger partial charge in [-0.1, -0.05) is 0 Å². The van der Waals surface area contributed by atoms with Crippen molar-refractivity contribution >= 4 is 11.7 Å². The lowest BCUT2D eigenvalue weighted by Gasteiger charge is -2.08. The smallest absolute Gasteiger partial charge is 0.344 e. The molecule has 0 atom stereocenters. The summed E-state index contributed by atoms with van der Waals surface area (Å²) in [5.41, 5.74) is 6.20. The second kappa shape index (κ2) is 6.60. The predicted molar refractivity (Wildman–Crippen MR) is 74.3 cm³/mol. The number of imidazole rings is 1. The summed E-state index contributed by atoms with van der Waals surface area (Å²) in [6.45, 7) is 2.65. The topological polar surface area (TPSA) is 79.4 Å². The lowest BCUT2D eigenvalue weighted by atomic mass is 10.3. The third kappa shape index (κ3) is 4.01. The lowest BCUT2D eigenvalue weighted by molar-refractivity contribution is -0.146. The lowest BCUT2D eigenvalue weighted by Crippen LogP contribution is -2.17. The number of nitrogens with zero attached hydrogens (tertiary/aromatic N) is 2. The van der Waals surface area contributed by atoms with Crippen LogP contribution in [0.4, 0.5) is 5.69 Å². The van der Waals surface area contributed by atoms with Crippen molar-refractivity contribution in [1.82, 2.24) is 9.55 Å². The summed E-state index contributed by atoms with van der Waals surface area (Å²) >= 11 is 0. The van der Waals surface area contributed by atoms with Crippen LogP contribution in [0.25, 0.3) is 0 Å². The van der Waals surface area contributed by atoms with Gasteiger partial charge in [-0.25, -0.2) is 9.78 Å². The van der Waals surface area contributed by atoms with E-state index in [1.807, 2.05) is 17.7 Å². The molecule has 0 fully saturated rings. The first kappa shape index (κ1) is 13.9. The first-order chi connectivity index (χ1) is 9.65. The van der Waals surface area contributed by atoms with Crippen molar-refractivity contribution in [3.63, 3.8) is 0 Å². The molecule has 6 heteroatoms. The monoisotopic (exact) mass is 275 g/mol. The van der Waals surface area contributed by atoms with Gasteiger partial charge in [0.05, 0.1) is 6.54 Å². The highest BCUT2D eigenvalue weighted by Gasteiger charge is 2.05. The fraction of sp³-hybridized carbons (Fsp3) is 0.286. The van der Waals surface area contributed by atoms with E-state index in [4.69, 9.17) is 15.2 Å². The van der Waals surface area contributed by atoms with Crippen LogP contribution in [0, 0.1) is 6.92 Å². The van der Waals surface area contributed by atoms with E-state index in [-0.39, 0.29) is 6.61 Å². The fourth-order valence-electron chi connectivity index (χ4n) is 1.65. The van der Waals surface area contributed by atoms with Gasteiger partial charge in [-0.15, -0.1) is 0 Å². The van der Waals surface area contributed by atoms with Crippen molar-refractivity contribution in [2.45, 2.75) is 13.5 Å². The van der Waals surface area contributed by atoms with Gasteiger partial charge in [-0.2, -0.15) is 0 Å². The molecule has 0 aliphatic carbocycles. The second-order valence-electron chi connectivity index (χ2n) is 4.25. The molecule has 1 aromatic carbocycles. The van der Waals surface area contributed by atoms with Gasteiger partial charge in [0, 0.05) is 18.1 Å². The van der Waals surface area contributed by atoms with Crippen LogP contribution in [0.1, 0.15) is 5.82 Å². The molecule has 1 heterocycles. The van der Waals surface area contributed by atoms with E-state index < -0.39 is 5.97 Å². The zero-order valence-corrected chi connectivity index (χ0v) is 11.3. The molecule has 0 unspecified atom stereocenters. The highest BCUT2D eigenvalue weighted by atomic mass is 16.6. The van der Waals surface area contributed by atoms with E-state index in [1.54, 1.807) is 30.5 Å². The van der Waals surface area contributed by atoms with E-state index in [0.717, 1.165) is 5.82 Å². The minimum absolute atomic E-state index is 0.118. The molecule has 0 radical (unpaired) electrons. The Hall–Kier alpha value is -2.50. The Morgan fingerprint density at radius 3 is 2.75 bits per heavy atom. The predicted octanol–water partition coefficient (Wildman–Crippen LogP) is 1.40. The number of hydrogen-bond acceptors (Lipinski definition) is 5. The van der Waals surface area contributed by atoms with Gasteiger partial charge in [0.2, 0.25) is 0 Å². The zero-order chi connectivity index (χ0) is 14.4. The van der Waals surface area contributed by atoms with Crippen molar-refractivity contribution in [3.05, 3.63) is 42.5 Å². The molecule has 2 aromatic rings. The molecule has 0 saturated heterocycles. The van der Waals surface area contributed by atoms with Crippen LogP contribution in [0.3, 0.4) is 0 Å². The maximum Gasteiger partial charge on any atom is 0.344 e. The van der Waals surface area contributed by atoms with E-state index in [0.29, 0.717) is 24.6 Å². The Balaban J connectivity index is 1.68. The molecule has 0 amide bonds. The normalized spacial score (nSPS) is 10.2. The van der Waals surface area contributed by atoms with Crippen LogP contribution < -0.4 is 10.5 Å². The molecule has 0 aliphatic heterocycles. The number of benzene rings is 1. The number of nitrogens with two attached hydrogens (primary N) is 1. The molecule has 2 N–H and O–H groups in total. The van der Waals surface area contributed by atoms with Gasteiger partial charge in [0.1, 0.15) is 18.2 Å². The Kier molecular flexibility index (Phi) is 4.60. The Labute approximate surface area is 117 Å². The molecule has 0 spiro atoms. The average Bonchev–Trinajstić information content (AvgIpc) is 2.84. The van der Waals surface area contributed by atoms with Gasteiger partial charge >= 0.3 is 5.97 Å². The highest BCUT2D eigenvalue weighted by Crippen LogP contribution is 2.12. The van der Waals surface area contributed by atoms with Gasteiger partial charge in [-0.05, 0) is 31.2 Å². The fourth-order valence-corrected chi connectivity index (χ4v) is 1.65. The molecule has 0 bridgehead atoms. The second-order valence-corrected chi connectivity index (χ2v) is 4.25. The van der Waals surface area contributed by atoms with Crippen LogP contribution in [-0.2, 0) is 16.1 Å². The van der Waals surface area contributed by atoms with Crippen LogP contribution in [-0.4, -0.2) is 28.7 Å². The molecule has 2 rings (SSSR count). The number of esters is 1. The quantitative estimate of drug-likeness (QED) is 0.636. The highest BCUT2D eigenvalue weighted by molar-refractivity contribution is 5.71. The molecule has 0 aliphatic rings. The van der Waals surface area contributed by atoms with Gasteiger partial charge in [0.15, 0.2) is 6.61 Å². The Morgan fingerprint density at radius 1 is 1.35 bits per heavy atom. The molecule has 6 nitrogen and oxygen atoms in total. The van der Waals surface area contributed by atoms with Crippen molar-refractivity contribution in [3.8, 4) is 5.75 Å². The van der Waals surface area contributed by atoms with E-state index in [1.165, 1.54) is 0 Å². The summed E-state index contributed by atoms with van der Waals surface area (Å²) in [7, 11) is 0. The zero-order valence-electron chi connectivity index (χ0n) is 11.3. The number of nitrogen functional groups attached to an aromatic ring is 1. The number of hydrogen-bond donors (Lipinski definition) is 1. The van der Waals surface area contributed by atoms with Gasteiger partial charge in [-0.3, -0.25) is 0 Å². The van der Waals surface area contributed by atoms with Crippen LogP contribution >= 0.6 is 0 Å². The standard InChI is InChI=1S/C14H17N3O3/c1-11-16-6-7-17(11)8-9-19-14(18)10-20-13-4-2-12(15)3-5-13/h2-7H,8-10,15H2,1H3. The summed E-state index contributed by atoms with van der Waals surface area (Å²) in [6.07, 6.45) is 3.55. The summed E-state index contributed by atoms with van der Waals surface area (Å²) < 4.78 is 12.3. The van der Waals surface area contributed by atoms with Crippen molar-refractivity contribution in [2.75, 3.05) is 18.9 Å². The first-order valence-corrected chi connectivity index (χ1v) is 6.27. The van der Waals surface area contributed by atoms with Gasteiger partial charge in [0.25, 0.3) is 0 Å². The number of anilines is 1. The average molecular weight is 275 g/mol. The summed E-state index contributed by atoms with van der Waals surface area (Å²) in [5.74, 6) is 1.07. The molecule has 20 heavy (non-hydrogen) atoms. The number of rotatable bonds is 6. The van der Waals surface area contributed by atoms with Crippen LogP contribution in [0.5, 0.6) is 5.75 Å². The molecule has 0 saturated carbocycles. The van der Waals surface area contributed by atoms with Gasteiger partial charge < -0.3 is 19.8 Å². The number of aromatic nitrogens is 2. The van der Waals surface area contributed by atoms with Crippen molar-refractivity contribution in [2.24, 2.45) is 0 Å². The van der Waals surface area contributed by atoms with Crippen LogP contribution in [0.15, 0.2) is 36.7 Å². The van der Waals surface area contributed by atoms with Crippen molar-refractivity contribution < 1.29 is 14.3 Å². The molecular weight excluding hydrogens is 258 g/mol. The van der Waals surface area contributed by atoms with E-state index in [2.05, 4.69) is 4.98 Å². The van der Waals surface area contributed by atoms with E-state index in [9.17, 15) is 4.79 Å². The third-order valence-corrected chi connectivity index (χ3v) is 2.76. The van der Waals surface area contributed by atoms with Crippen LogP contribution in [0.2, 0.25) is 0 Å². The summed E-state index contributed by atoms with van der Waals surface area (Å²) in [4.78, 5) is 15.6. The minimum Gasteiger partial charge on any atom is -0.482 e. The summed E-state index contributed by atoms with van der Waals surface area (Å²) in [5, 5.41) is 0. The SMILES string of the molecule is Cc1nccn1CCOC(=O)COc1ccc(N)cc1. The minimum atomic E-state index is -0.403. The maximum absolute atomic E-state index is 11.5. The Bertz CT molecular complexity index is 563. The molecule has 1 aromatic heterocycles. The summed E-state index contributed by atoms with van der Waals surface area (Å²) in [6, 6.07) is 6.83. The number of aryl methyl sites for hydroxylation is 1. The third-order valence-electron chi connectivity index (χ3n) is 2.76. The Morgan fingerprint density at radius 2 is 2.10 bits per heavy atom. The maximum atomic E-state index is 11.5. The van der Waals surface area contributed by atoms with Crippen molar-refractivity contribution in [1.29, 1.82) is 0 Å². The number of ether oxygens (including phenoxy) is 2. The molecule has 106 valence electrons. The molecular formula is C14H17N3O3. The van der Waals surface area contributed by atoms with E-state index >= 15 is 0 Å². The number of carbonyl (C=O) groups is 1. The largest absolute Gasteiger partial charge is 0.482 e. The number of carbonyl (C=O) groups excluding carboxylic acids is 1. The first-order valence-electron chi connectivity index (χ1n) is 6.27.